The second-order valence-electron chi connectivity index (χ2n) is 8.29. The fourth-order valence-corrected chi connectivity index (χ4v) is 4.24. The zero-order valence-electron chi connectivity index (χ0n) is 17.3. The average Bonchev–Trinajstić information content (AvgIpc) is 2.87. The zero-order valence-corrected chi connectivity index (χ0v) is 17.3. The van der Waals surface area contributed by atoms with Gasteiger partial charge in [0.05, 0.1) is 26.1 Å². The van der Waals surface area contributed by atoms with Crippen LogP contribution in [0, 0.1) is 17.3 Å². The molecule has 0 spiro atoms. The lowest BCUT2D eigenvalue weighted by atomic mass is 9.68. The highest BCUT2D eigenvalue weighted by molar-refractivity contribution is 5.88. The molecule has 0 aliphatic carbocycles. The molecule has 150 valence electrons. The molecule has 27 heavy (non-hydrogen) atoms. The van der Waals surface area contributed by atoms with Crippen molar-refractivity contribution in [2.45, 2.75) is 40.0 Å². The first-order chi connectivity index (χ1) is 12.6. The topological polar surface area (TPSA) is 76.1 Å². The first-order valence-electron chi connectivity index (χ1n) is 9.29. The van der Waals surface area contributed by atoms with Crippen LogP contribution in [0.1, 0.15) is 44.7 Å². The van der Waals surface area contributed by atoms with E-state index < -0.39 is 23.2 Å². The Balaban J connectivity index is 2.61. The number of methoxy groups -OCH3 is 2. The maximum absolute atomic E-state index is 12.9. The molecule has 1 aromatic rings. The number of rotatable bonds is 6. The van der Waals surface area contributed by atoms with Crippen LogP contribution < -0.4 is 9.47 Å². The predicted octanol–water partition coefficient (Wildman–Crippen LogP) is 3.18. The molecular weight excluding hydrogens is 346 g/mol. The van der Waals surface area contributed by atoms with E-state index in [9.17, 15) is 14.7 Å². The van der Waals surface area contributed by atoms with Crippen LogP contribution in [-0.2, 0) is 16.0 Å². The molecule has 0 bridgehead atoms. The van der Waals surface area contributed by atoms with E-state index in [2.05, 4.69) is 0 Å². The van der Waals surface area contributed by atoms with E-state index in [0.717, 1.165) is 17.5 Å². The van der Waals surface area contributed by atoms with Crippen LogP contribution in [0.2, 0.25) is 0 Å². The van der Waals surface area contributed by atoms with Gasteiger partial charge in [0.2, 0.25) is 5.91 Å². The number of carbonyl (C=O) groups is 2. The molecule has 2 rings (SSSR count). The van der Waals surface area contributed by atoms with Crippen molar-refractivity contribution in [1.29, 1.82) is 0 Å². The van der Waals surface area contributed by atoms with Crippen LogP contribution in [0.15, 0.2) is 12.1 Å². The molecule has 1 amide bonds. The lowest BCUT2D eigenvalue weighted by Gasteiger charge is -2.33. The van der Waals surface area contributed by atoms with Gasteiger partial charge in [-0.1, -0.05) is 27.7 Å². The molecule has 1 aliphatic rings. The van der Waals surface area contributed by atoms with Gasteiger partial charge in [-0.05, 0) is 29.5 Å². The summed E-state index contributed by atoms with van der Waals surface area (Å²) in [5.74, 6) is -1.32. The van der Waals surface area contributed by atoms with E-state index in [1.165, 1.54) is 0 Å². The number of benzene rings is 1. The molecule has 6 nitrogen and oxygen atoms in total. The number of likely N-dealkylation sites (tertiary alicyclic amines) is 1. The summed E-state index contributed by atoms with van der Waals surface area (Å²) < 4.78 is 11.1. The number of carboxylic acid groups (broad SMARTS) is 1. The van der Waals surface area contributed by atoms with Gasteiger partial charge < -0.3 is 19.5 Å². The highest BCUT2D eigenvalue weighted by Gasteiger charge is 2.51. The summed E-state index contributed by atoms with van der Waals surface area (Å²) in [6.45, 7) is 8.11. The second-order valence-corrected chi connectivity index (χ2v) is 8.29. The Morgan fingerprint density at radius 2 is 1.78 bits per heavy atom. The van der Waals surface area contributed by atoms with Crippen molar-refractivity contribution in [1.82, 2.24) is 4.90 Å². The smallest absolute Gasteiger partial charge is 0.307 e. The third-order valence-corrected chi connectivity index (χ3v) is 5.54. The van der Waals surface area contributed by atoms with Crippen LogP contribution in [-0.4, -0.2) is 49.7 Å². The number of hydrogen-bond donors (Lipinski definition) is 1. The van der Waals surface area contributed by atoms with Crippen molar-refractivity contribution in [3.63, 3.8) is 0 Å². The number of amides is 1. The monoisotopic (exact) mass is 377 g/mol. The van der Waals surface area contributed by atoms with Crippen molar-refractivity contribution >= 4 is 11.9 Å². The first-order valence-corrected chi connectivity index (χ1v) is 9.29. The number of aliphatic carboxylic acids is 1. The Morgan fingerprint density at radius 3 is 2.15 bits per heavy atom. The van der Waals surface area contributed by atoms with E-state index in [1.54, 1.807) is 26.2 Å². The third kappa shape index (κ3) is 3.89. The molecule has 1 N–H and O–H groups in total. The summed E-state index contributed by atoms with van der Waals surface area (Å²) in [5, 5.41) is 9.90. The Kier molecular flexibility index (Phi) is 6.07. The molecule has 1 aliphatic heterocycles. The molecule has 0 aromatic heterocycles. The van der Waals surface area contributed by atoms with Crippen molar-refractivity contribution < 1.29 is 24.2 Å². The normalized spacial score (nSPS) is 21.3. The minimum atomic E-state index is -0.940. The minimum absolute atomic E-state index is 0.125. The van der Waals surface area contributed by atoms with Crippen molar-refractivity contribution in [3.8, 4) is 11.5 Å². The van der Waals surface area contributed by atoms with Crippen molar-refractivity contribution in [2.75, 3.05) is 27.8 Å². The zero-order chi connectivity index (χ0) is 20.5. The quantitative estimate of drug-likeness (QED) is 0.824. The van der Waals surface area contributed by atoms with Gasteiger partial charge in [0.15, 0.2) is 0 Å². The average molecular weight is 377 g/mol. The van der Waals surface area contributed by atoms with Crippen molar-refractivity contribution in [3.05, 3.63) is 23.3 Å². The molecule has 1 fully saturated rings. The molecule has 0 radical (unpaired) electrons. The molecule has 1 heterocycles. The van der Waals surface area contributed by atoms with Gasteiger partial charge in [-0.3, -0.25) is 9.59 Å². The van der Waals surface area contributed by atoms with E-state index >= 15 is 0 Å². The lowest BCUT2D eigenvalue weighted by Crippen LogP contribution is -2.40. The number of hydrogen-bond acceptors (Lipinski definition) is 4. The van der Waals surface area contributed by atoms with Crippen LogP contribution >= 0.6 is 0 Å². The second kappa shape index (κ2) is 7.79. The van der Waals surface area contributed by atoms with Gasteiger partial charge in [-0.15, -0.1) is 0 Å². The van der Waals surface area contributed by atoms with Gasteiger partial charge in [0, 0.05) is 25.1 Å². The summed E-state index contributed by atoms with van der Waals surface area (Å²) in [6.07, 6.45) is 0.749. The number of carboxylic acids is 1. The number of nitrogens with zero attached hydrogens (tertiary/aromatic N) is 1. The van der Waals surface area contributed by atoms with Crippen LogP contribution in [0.3, 0.4) is 0 Å². The van der Waals surface area contributed by atoms with Gasteiger partial charge in [-0.25, -0.2) is 0 Å². The van der Waals surface area contributed by atoms with Crippen LogP contribution in [0.4, 0.5) is 0 Å². The number of carbonyl (C=O) groups excluding carboxylic acids is 1. The highest BCUT2D eigenvalue weighted by Crippen LogP contribution is 2.46. The van der Waals surface area contributed by atoms with Gasteiger partial charge in [0.25, 0.3) is 0 Å². The van der Waals surface area contributed by atoms with E-state index in [-0.39, 0.29) is 11.8 Å². The summed E-state index contributed by atoms with van der Waals surface area (Å²) in [5.41, 5.74) is 1.29. The van der Waals surface area contributed by atoms with Gasteiger partial charge in [-0.2, -0.15) is 0 Å². The maximum Gasteiger partial charge on any atom is 0.307 e. The third-order valence-electron chi connectivity index (χ3n) is 5.54. The molecule has 1 aromatic carbocycles. The largest absolute Gasteiger partial charge is 0.496 e. The van der Waals surface area contributed by atoms with E-state index in [4.69, 9.17) is 9.47 Å². The lowest BCUT2D eigenvalue weighted by molar-refractivity contribution is -0.152. The van der Waals surface area contributed by atoms with Gasteiger partial charge >= 0.3 is 5.97 Å². The summed E-state index contributed by atoms with van der Waals surface area (Å²) in [7, 11) is 4.94. The molecule has 6 heteroatoms. The summed E-state index contributed by atoms with van der Waals surface area (Å²) in [6, 6.07) is 3.85. The SMILES string of the molecule is CCc1c(OC)cc(C2CN(C)C(=O)C2C(C(=O)O)C(C)(C)C)cc1OC. The molecule has 1 saturated heterocycles. The predicted molar refractivity (Wildman–Crippen MR) is 103 cm³/mol. The molecule has 0 saturated carbocycles. The van der Waals surface area contributed by atoms with Crippen LogP contribution in [0.5, 0.6) is 11.5 Å². The van der Waals surface area contributed by atoms with E-state index in [0.29, 0.717) is 18.0 Å². The Hall–Kier alpha value is -2.24. The first kappa shape index (κ1) is 21.1. The highest BCUT2D eigenvalue weighted by atomic mass is 16.5. The van der Waals surface area contributed by atoms with E-state index in [1.807, 2.05) is 39.8 Å². The maximum atomic E-state index is 12.9. The fourth-order valence-electron chi connectivity index (χ4n) is 4.24. The number of likely N-dealkylation sites (N-methyl/N-ethyl adjacent to an activating group) is 1. The molecular formula is C21H31NO5. The Bertz CT molecular complexity index is 697. The molecule has 3 atom stereocenters. The molecule has 3 unspecified atom stereocenters. The van der Waals surface area contributed by atoms with Crippen LogP contribution in [0.25, 0.3) is 0 Å². The van der Waals surface area contributed by atoms with Gasteiger partial charge in [0.1, 0.15) is 11.5 Å². The summed E-state index contributed by atoms with van der Waals surface area (Å²) >= 11 is 0. The number of ether oxygens (including phenoxy) is 2. The standard InChI is InChI=1S/C21H31NO5/c1-8-13-15(26-6)9-12(10-16(13)27-7)14-11-22(5)19(23)17(14)18(20(24)25)21(2,3)4/h9-10,14,17-18H,8,11H2,1-7H3,(H,24,25). The minimum Gasteiger partial charge on any atom is -0.496 e. The fraction of sp³-hybridized carbons (Fsp3) is 0.619. The van der Waals surface area contributed by atoms with Crippen molar-refractivity contribution in [2.24, 2.45) is 17.3 Å². The summed E-state index contributed by atoms with van der Waals surface area (Å²) in [4.78, 5) is 26.6. The Morgan fingerprint density at radius 1 is 1.26 bits per heavy atom. The Labute approximate surface area is 161 Å².